The Morgan fingerprint density at radius 2 is 2.10 bits per heavy atom. The molecule has 0 saturated carbocycles. The maximum Gasteiger partial charge on any atom is 0.337 e. The lowest BCUT2D eigenvalue weighted by atomic mass is 10.1. The van der Waals surface area contributed by atoms with Gasteiger partial charge in [-0.3, -0.25) is 4.79 Å². The average Bonchev–Trinajstić information content (AvgIpc) is 2.67. The third-order valence-electron chi connectivity index (χ3n) is 3.35. The Bertz CT molecular complexity index is 511. The number of rotatable bonds is 3. The van der Waals surface area contributed by atoms with Crippen molar-refractivity contribution in [1.29, 1.82) is 0 Å². The van der Waals surface area contributed by atoms with E-state index in [9.17, 15) is 9.59 Å². The fraction of sp³-hybridized carbons (Fsp3) is 0.429. The number of hydrogen-bond acceptors (Lipinski definition) is 3. The molecule has 0 spiro atoms. The Balaban J connectivity index is 2.14. The highest BCUT2D eigenvalue weighted by atomic mass is 35.5. The Morgan fingerprint density at radius 1 is 1.30 bits per heavy atom. The minimum absolute atomic E-state index is 0.0383. The molecule has 20 heavy (non-hydrogen) atoms. The molecule has 1 unspecified atom stereocenters. The van der Waals surface area contributed by atoms with Crippen LogP contribution in [-0.4, -0.2) is 29.6 Å². The van der Waals surface area contributed by atoms with E-state index in [0.717, 1.165) is 32.2 Å². The fourth-order valence-corrected chi connectivity index (χ4v) is 2.45. The van der Waals surface area contributed by atoms with Crippen molar-refractivity contribution in [2.45, 2.75) is 31.7 Å². The molecule has 1 heterocycles. The molecule has 1 fully saturated rings. The molecule has 108 valence electrons. The number of benzene rings is 1. The van der Waals surface area contributed by atoms with Crippen LogP contribution in [0.1, 0.15) is 36.0 Å². The van der Waals surface area contributed by atoms with Crippen LogP contribution in [0, 0.1) is 0 Å². The molecule has 3 N–H and O–H groups in total. The van der Waals surface area contributed by atoms with Crippen LogP contribution in [0.2, 0.25) is 5.02 Å². The lowest BCUT2D eigenvalue weighted by molar-refractivity contribution is -0.118. The molecule has 5 nitrogen and oxygen atoms in total. The number of aromatic carboxylic acids is 1. The largest absolute Gasteiger partial charge is 0.478 e. The van der Waals surface area contributed by atoms with Gasteiger partial charge in [0.05, 0.1) is 17.3 Å². The van der Waals surface area contributed by atoms with Crippen molar-refractivity contribution in [3.05, 3.63) is 28.8 Å². The first-order valence-corrected chi connectivity index (χ1v) is 7.03. The first-order valence-electron chi connectivity index (χ1n) is 6.65. The minimum Gasteiger partial charge on any atom is -0.478 e. The molecule has 6 heteroatoms. The van der Waals surface area contributed by atoms with Gasteiger partial charge in [0.2, 0.25) is 5.91 Å². The van der Waals surface area contributed by atoms with Crippen molar-refractivity contribution in [3.8, 4) is 0 Å². The van der Waals surface area contributed by atoms with Crippen LogP contribution >= 0.6 is 11.6 Å². The Hall–Kier alpha value is -1.59. The number of carboxylic acid groups (broad SMARTS) is 1. The highest BCUT2D eigenvalue weighted by Crippen LogP contribution is 2.22. The van der Waals surface area contributed by atoms with Gasteiger partial charge in [-0.05, 0) is 37.6 Å². The quantitative estimate of drug-likeness (QED) is 0.801. The smallest absolute Gasteiger partial charge is 0.337 e. The summed E-state index contributed by atoms with van der Waals surface area (Å²) < 4.78 is 0. The van der Waals surface area contributed by atoms with E-state index in [-0.39, 0.29) is 23.2 Å². The number of carbonyl (C=O) groups excluding carboxylic acids is 1. The zero-order valence-electron chi connectivity index (χ0n) is 11.0. The van der Waals surface area contributed by atoms with Gasteiger partial charge in [0.25, 0.3) is 0 Å². The molecule has 0 aliphatic carbocycles. The summed E-state index contributed by atoms with van der Waals surface area (Å²) in [5, 5.41) is 15.3. The molecule has 2 rings (SSSR count). The fourth-order valence-electron chi connectivity index (χ4n) is 2.28. The molecule has 1 aliphatic rings. The molecular formula is C14H17ClN2O3. The number of nitrogens with one attached hydrogen (secondary N) is 2. The van der Waals surface area contributed by atoms with Gasteiger partial charge in [-0.25, -0.2) is 4.79 Å². The molecule has 1 aromatic carbocycles. The average molecular weight is 297 g/mol. The van der Waals surface area contributed by atoms with Gasteiger partial charge >= 0.3 is 5.97 Å². The first-order chi connectivity index (χ1) is 9.58. The van der Waals surface area contributed by atoms with Gasteiger partial charge in [-0.15, -0.1) is 0 Å². The van der Waals surface area contributed by atoms with Gasteiger partial charge in [0, 0.05) is 5.02 Å². The van der Waals surface area contributed by atoms with Crippen molar-refractivity contribution in [3.63, 3.8) is 0 Å². The summed E-state index contributed by atoms with van der Waals surface area (Å²) in [6, 6.07) is 4.06. The second-order valence-electron chi connectivity index (χ2n) is 4.84. The number of amides is 1. The van der Waals surface area contributed by atoms with E-state index in [2.05, 4.69) is 10.6 Å². The van der Waals surface area contributed by atoms with Crippen molar-refractivity contribution < 1.29 is 14.7 Å². The van der Waals surface area contributed by atoms with Crippen molar-refractivity contribution >= 4 is 29.2 Å². The van der Waals surface area contributed by atoms with Crippen LogP contribution in [0.3, 0.4) is 0 Å². The SMILES string of the molecule is O=C(O)c1ccc(Cl)cc1NC(=O)C1CCCCCN1. The lowest BCUT2D eigenvalue weighted by Crippen LogP contribution is -2.40. The maximum atomic E-state index is 12.2. The maximum absolute atomic E-state index is 12.2. The topological polar surface area (TPSA) is 78.4 Å². The van der Waals surface area contributed by atoms with Crippen LogP contribution in [-0.2, 0) is 4.79 Å². The summed E-state index contributed by atoms with van der Waals surface area (Å²) in [7, 11) is 0. The zero-order chi connectivity index (χ0) is 14.5. The minimum atomic E-state index is -1.09. The molecule has 1 aromatic rings. The summed E-state index contributed by atoms with van der Waals surface area (Å²) >= 11 is 5.86. The van der Waals surface area contributed by atoms with Crippen LogP contribution in [0.15, 0.2) is 18.2 Å². The van der Waals surface area contributed by atoms with E-state index in [4.69, 9.17) is 16.7 Å². The third kappa shape index (κ3) is 3.71. The predicted molar refractivity (Wildman–Crippen MR) is 77.3 cm³/mol. The predicted octanol–water partition coefficient (Wildman–Crippen LogP) is 2.51. The van der Waals surface area contributed by atoms with Gasteiger partial charge in [0.1, 0.15) is 0 Å². The summed E-state index contributed by atoms with van der Waals surface area (Å²) in [5.41, 5.74) is 0.275. The second-order valence-corrected chi connectivity index (χ2v) is 5.28. The molecule has 0 aromatic heterocycles. The Labute approximate surface area is 122 Å². The number of carbonyl (C=O) groups is 2. The first kappa shape index (κ1) is 14.8. The van der Waals surface area contributed by atoms with Gasteiger partial charge in [0.15, 0.2) is 0 Å². The van der Waals surface area contributed by atoms with E-state index in [1.807, 2.05) is 0 Å². The molecular weight excluding hydrogens is 280 g/mol. The highest BCUT2D eigenvalue weighted by molar-refractivity contribution is 6.31. The molecule has 1 amide bonds. The van der Waals surface area contributed by atoms with E-state index < -0.39 is 5.97 Å². The van der Waals surface area contributed by atoms with Gasteiger partial charge in [-0.1, -0.05) is 24.4 Å². The van der Waals surface area contributed by atoms with Crippen molar-refractivity contribution in [1.82, 2.24) is 5.32 Å². The van der Waals surface area contributed by atoms with E-state index in [1.54, 1.807) is 0 Å². The lowest BCUT2D eigenvalue weighted by Gasteiger charge is -2.16. The van der Waals surface area contributed by atoms with Crippen molar-refractivity contribution in [2.24, 2.45) is 0 Å². The van der Waals surface area contributed by atoms with Crippen molar-refractivity contribution in [2.75, 3.05) is 11.9 Å². The number of halogens is 1. The third-order valence-corrected chi connectivity index (χ3v) is 3.58. The molecule has 1 saturated heterocycles. The summed E-state index contributed by atoms with van der Waals surface area (Å²) in [4.78, 5) is 23.3. The summed E-state index contributed by atoms with van der Waals surface area (Å²) in [6.07, 6.45) is 3.91. The van der Waals surface area contributed by atoms with E-state index in [0.29, 0.717) is 5.02 Å². The molecule has 1 atom stereocenters. The number of hydrogen-bond donors (Lipinski definition) is 3. The summed E-state index contributed by atoms with van der Waals surface area (Å²) in [6.45, 7) is 0.805. The van der Waals surface area contributed by atoms with Gasteiger partial charge in [-0.2, -0.15) is 0 Å². The molecule has 0 radical (unpaired) electrons. The zero-order valence-corrected chi connectivity index (χ0v) is 11.7. The summed E-state index contributed by atoms with van der Waals surface area (Å²) in [5.74, 6) is -1.30. The standard InChI is InChI=1S/C14H17ClN2O3/c15-9-5-6-10(14(19)20)12(8-9)17-13(18)11-4-2-1-3-7-16-11/h5-6,8,11,16H,1-4,7H2,(H,17,18)(H,19,20). The normalized spacial score (nSPS) is 19.1. The monoisotopic (exact) mass is 296 g/mol. The number of anilines is 1. The van der Waals surface area contributed by atoms with Crippen LogP contribution in [0.5, 0.6) is 0 Å². The molecule has 0 bridgehead atoms. The van der Waals surface area contributed by atoms with Crippen LogP contribution in [0.25, 0.3) is 0 Å². The van der Waals surface area contributed by atoms with Crippen LogP contribution < -0.4 is 10.6 Å². The highest BCUT2D eigenvalue weighted by Gasteiger charge is 2.21. The van der Waals surface area contributed by atoms with Crippen LogP contribution in [0.4, 0.5) is 5.69 Å². The number of carboxylic acids is 1. The molecule has 1 aliphatic heterocycles. The van der Waals surface area contributed by atoms with E-state index in [1.165, 1.54) is 18.2 Å². The Morgan fingerprint density at radius 3 is 2.85 bits per heavy atom. The van der Waals surface area contributed by atoms with E-state index >= 15 is 0 Å². The van der Waals surface area contributed by atoms with Gasteiger partial charge < -0.3 is 15.7 Å². The second kappa shape index (κ2) is 6.72. The Kier molecular flexibility index (Phi) is 4.98.